The highest BCUT2D eigenvalue weighted by atomic mass is 16.5. The van der Waals surface area contributed by atoms with Gasteiger partial charge in [-0.1, -0.05) is 12.1 Å². The number of Topliss-reactive ketones (excluding diaryl/α,β-unsaturated/α-hetero) is 1. The number of amides is 1. The van der Waals surface area contributed by atoms with Gasteiger partial charge in [0.05, 0.1) is 31.4 Å². The number of aliphatic hydroxyl groups is 1. The molecule has 8 nitrogen and oxygen atoms in total. The molecule has 4 rings (SSSR count). The molecule has 2 aromatic rings. The molecule has 1 unspecified atom stereocenters. The van der Waals surface area contributed by atoms with Crippen molar-refractivity contribution in [2.75, 3.05) is 46.0 Å². The number of rotatable bonds is 7. The Morgan fingerprint density at radius 2 is 1.76 bits per heavy atom. The summed E-state index contributed by atoms with van der Waals surface area (Å²) in [7, 11) is 0. The van der Waals surface area contributed by atoms with Crippen LogP contribution in [0.4, 0.5) is 0 Å². The van der Waals surface area contributed by atoms with E-state index >= 15 is 0 Å². The first-order valence-electron chi connectivity index (χ1n) is 11.8. The average Bonchev–Trinajstić information content (AvgIpc) is 3.24. The first kappa shape index (κ1) is 24.0. The summed E-state index contributed by atoms with van der Waals surface area (Å²) in [6.45, 7) is 12.0. The van der Waals surface area contributed by atoms with Crippen LogP contribution in [0.25, 0.3) is 5.76 Å². The molecule has 34 heavy (non-hydrogen) atoms. The number of morpholine rings is 1. The van der Waals surface area contributed by atoms with Crippen LogP contribution >= 0.6 is 0 Å². The van der Waals surface area contributed by atoms with Crippen LogP contribution in [0.2, 0.25) is 0 Å². The molecule has 0 aliphatic carbocycles. The number of likely N-dealkylation sites (tertiary alicyclic amines) is 1. The Bertz CT molecular complexity index is 1100. The van der Waals surface area contributed by atoms with E-state index in [1.165, 1.54) is 0 Å². The molecule has 3 heterocycles. The largest absolute Gasteiger partial charge is 0.507 e. The minimum Gasteiger partial charge on any atom is -0.507 e. The number of hydrogen-bond acceptors (Lipinski definition) is 6. The van der Waals surface area contributed by atoms with Crippen molar-refractivity contribution in [2.24, 2.45) is 0 Å². The van der Waals surface area contributed by atoms with Crippen molar-refractivity contribution in [3.8, 4) is 5.75 Å². The molecule has 1 aromatic heterocycles. The summed E-state index contributed by atoms with van der Waals surface area (Å²) in [6, 6.07) is 6.71. The van der Waals surface area contributed by atoms with E-state index in [1.54, 1.807) is 4.90 Å². The number of aliphatic hydroxyl groups excluding tert-OH is 1. The fourth-order valence-electron chi connectivity index (χ4n) is 4.84. The second kappa shape index (κ2) is 10.0. The van der Waals surface area contributed by atoms with Gasteiger partial charge in [0, 0.05) is 43.1 Å². The Kier molecular flexibility index (Phi) is 7.09. The predicted molar refractivity (Wildman–Crippen MR) is 129 cm³/mol. The second-order valence-electron chi connectivity index (χ2n) is 8.82. The van der Waals surface area contributed by atoms with Crippen molar-refractivity contribution in [3.05, 3.63) is 57.9 Å². The van der Waals surface area contributed by atoms with Gasteiger partial charge in [0.25, 0.3) is 11.7 Å². The minimum atomic E-state index is -0.675. The van der Waals surface area contributed by atoms with Crippen LogP contribution in [-0.2, 0) is 14.3 Å². The van der Waals surface area contributed by atoms with E-state index in [2.05, 4.69) is 9.88 Å². The van der Waals surface area contributed by atoms with E-state index in [0.717, 1.165) is 35.6 Å². The number of aryl methyl sites for hydroxylation is 2. The molecule has 0 bridgehead atoms. The quantitative estimate of drug-likeness (QED) is 0.369. The summed E-state index contributed by atoms with van der Waals surface area (Å²) >= 11 is 0. The van der Waals surface area contributed by atoms with Crippen LogP contribution in [0.1, 0.15) is 41.0 Å². The second-order valence-corrected chi connectivity index (χ2v) is 8.82. The van der Waals surface area contributed by atoms with E-state index in [9.17, 15) is 14.7 Å². The first-order chi connectivity index (χ1) is 16.3. The molecule has 2 aliphatic heterocycles. The monoisotopic (exact) mass is 467 g/mol. The van der Waals surface area contributed by atoms with E-state index < -0.39 is 17.7 Å². The highest BCUT2D eigenvalue weighted by molar-refractivity contribution is 6.46. The van der Waals surface area contributed by atoms with Crippen molar-refractivity contribution >= 4 is 17.4 Å². The Morgan fingerprint density at radius 1 is 1.09 bits per heavy atom. The van der Waals surface area contributed by atoms with Gasteiger partial charge in [-0.15, -0.1) is 0 Å². The smallest absolute Gasteiger partial charge is 0.295 e. The zero-order chi connectivity index (χ0) is 24.4. The zero-order valence-electron chi connectivity index (χ0n) is 20.3. The number of aromatic amines is 1. The summed E-state index contributed by atoms with van der Waals surface area (Å²) in [5.74, 6) is -0.665. The van der Waals surface area contributed by atoms with Crippen molar-refractivity contribution in [3.63, 3.8) is 0 Å². The van der Waals surface area contributed by atoms with Crippen LogP contribution in [0.5, 0.6) is 5.75 Å². The number of aromatic nitrogens is 1. The lowest BCUT2D eigenvalue weighted by atomic mass is 9.94. The predicted octanol–water partition coefficient (Wildman–Crippen LogP) is 3.09. The molecule has 2 saturated heterocycles. The summed E-state index contributed by atoms with van der Waals surface area (Å²) in [4.78, 5) is 33.5. The van der Waals surface area contributed by atoms with E-state index in [0.29, 0.717) is 44.2 Å². The van der Waals surface area contributed by atoms with Gasteiger partial charge in [-0.2, -0.15) is 0 Å². The number of hydrogen-bond donors (Lipinski definition) is 2. The van der Waals surface area contributed by atoms with E-state index in [-0.39, 0.29) is 11.3 Å². The summed E-state index contributed by atoms with van der Waals surface area (Å²) < 4.78 is 11.0. The molecule has 1 aromatic carbocycles. The number of ketones is 1. The number of benzene rings is 1. The molecule has 8 heteroatoms. The van der Waals surface area contributed by atoms with Crippen molar-refractivity contribution in [2.45, 2.75) is 33.7 Å². The lowest BCUT2D eigenvalue weighted by Crippen LogP contribution is -2.42. The van der Waals surface area contributed by atoms with Crippen LogP contribution in [0.3, 0.4) is 0 Å². The maximum Gasteiger partial charge on any atom is 0.295 e. The van der Waals surface area contributed by atoms with Crippen LogP contribution in [-0.4, -0.2) is 77.6 Å². The zero-order valence-corrected chi connectivity index (χ0v) is 20.3. The third kappa shape index (κ3) is 4.48. The van der Waals surface area contributed by atoms with Crippen LogP contribution in [0.15, 0.2) is 29.8 Å². The van der Waals surface area contributed by atoms with Gasteiger partial charge < -0.3 is 24.5 Å². The topological polar surface area (TPSA) is 95.1 Å². The number of nitrogens with zero attached hydrogens (tertiary/aromatic N) is 2. The van der Waals surface area contributed by atoms with Gasteiger partial charge in [0.2, 0.25) is 0 Å². The lowest BCUT2D eigenvalue weighted by molar-refractivity contribution is -0.140. The standard InChI is InChI=1S/C26H33N3O5/c1-5-34-20-8-6-19(7-9-20)23-22(24(30)21-16(2)17(3)27-18(21)4)25(31)26(32)29(23)11-10-28-12-14-33-15-13-28/h6-9,23,27,30H,5,10-15H2,1-4H3/b24-22+. The minimum absolute atomic E-state index is 0.126. The molecule has 0 saturated carbocycles. The molecule has 2 aliphatic rings. The summed E-state index contributed by atoms with van der Waals surface area (Å²) in [6.07, 6.45) is 0. The maximum atomic E-state index is 13.3. The molecule has 182 valence electrons. The van der Waals surface area contributed by atoms with Crippen molar-refractivity contribution in [1.82, 2.24) is 14.8 Å². The van der Waals surface area contributed by atoms with E-state index in [4.69, 9.17) is 9.47 Å². The third-order valence-corrected chi connectivity index (χ3v) is 6.73. The Hall–Kier alpha value is -3.10. The molecule has 1 atom stereocenters. The number of ether oxygens (including phenoxy) is 2. The number of nitrogens with one attached hydrogen (secondary N) is 1. The number of carbonyl (C=O) groups excluding carboxylic acids is 2. The van der Waals surface area contributed by atoms with Gasteiger partial charge in [-0.25, -0.2) is 0 Å². The van der Waals surface area contributed by atoms with Crippen molar-refractivity contribution in [1.29, 1.82) is 0 Å². The molecule has 0 spiro atoms. The van der Waals surface area contributed by atoms with Gasteiger partial charge in [0.15, 0.2) is 0 Å². The van der Waals surface area contributed by atoms with Crippen LogP contribution in [0, 0.1) is 20.8 Å². The molecule has 2 N–H and O–H groups in total. The maximum absolute atomic E-state index is 13.3. The summed E-state index contributed by atoms with van der Waals surface area (Å²) in [5, 5.41) is 11.4. The number of carbonyl (C=O) groups is 2. The Balaban J connectivity index is 1.76. The van der Waals surface area contributed by atoms with Crippen molar-refractivity contribution < 1.29 is 24.2 Å². The fraction of sp³-hybridized carbons (Fsp3) is 0.462. The van der Waals surface area contributed by atoms with Gasteiger partial charge in [-0.3, -0.25) is 14.5 Å². The number of H-pyrrole nitrogens is 1. The Morgan fingerprint density at radius 3 is 2.35 bits per heavy atom. The molecule has 2 fully saturated rings. The van der Waals surface area contributed by atoms with Gasteiger partial charge in [0.1, 0.15) is 11.5 Å². The van der Waals surface area contributed by atoms with Crippen LogP contribution < -0.4 is 4.74 Å². The average molecular weight is 468 g/mol. The van der Waals surface area contributed by atoms with Gasteiger partial charge in [-0.05, 0) is 51.0 Å². The molecular weight excluding hydrogens is 434 g/mol. The molecular formula is C26H33N3O5. The Labute approximate surface area is 200 Å². The third-order valence-electron chi connectivity index (χ3n) is 6.73. The first-order valence-corrected chi connectivity index (χ1v) is 11.8. The summed E-state index contributed by atoms with van der Waals surface area (Å²) in [5.41, 5.74) is 4.00. The van der Waals surface area contributed by atoms with Gasteiger partial charge >= 0.3 is 0 Å². The normalized spacial score (nSPS) is 20.8. The molecule has 1 amide bonds. The highest BCUT2D eigenvalue weighted by Gasteiger charge is 2.46. The lowest BCUT2D eigenvalue weighted by Gasteiger charge is -2.31. The molecule has 0 radical (unpaired) electrons. The van der Waals surface area contributed by atoms with E-state index in [1.807, 2.05) is 52.0 Å². The fourth-order valence-corrected chi connectivity index (χ4v) is 4.84. The highest BCUT2D eigenvalue weighted by Crippen LogP contribution is 2.41. The SMILES string of the molecule is CCOc1ccc(C2/C(=C(\O)c3c(C)[nH]c(C)c3C)C(=O)C(=O)N2CCN2CCOCC2)cc1.